The number of hydrogen-bond acceptors (Lipinski definition) is 6. The number of imidazole rings is 1. The van der Waals surface area contributed by atoms with Gasteiger partial charge in [0.1, 0.15) is 6.23 Å². The van der Waals surface area contributed by atoms with Crippen LogP contribution in [-0.2, 0) is 9.53 Å². The summed E-state index contributed by atoms with van der Waals surface area (Å²) in [6.07, 6.45) is -2.36. The monoisotopic (exact) mass is 393 g/mol. The standard InChI is InChI=1S/C12H12F3N5O3.C2H6.CH4O/c13-12(14,15)11(22)16-3-6-1-2-7(23-6)20-5-19-8-9(20)17-4-18-10(8)21;2*1-2/h4-7H,1-3H2,(H,16,22)(H,17,18,21);1-2H3;2H,1H3. The van der Waals surface area contributed by atoms with Crippen molar-refractivity contribution in [1.29, 1.82) is 0 Å². The maximum absolute atomic E-state index is 12.1. The number of halogens is 3. The molecule has 0 saturated carbocycles. The fraction of sp³-hybridized carbons (Fsp3) is 0.600. The Morgan fingerprint density at radius 1 is 1.37 bits per heavy atom. The molecule has 2 atom stereocenters. The van der Waals surface area contributed by atoms with Gasteiger partial charge >= 0.3 is 12.1 Å². The fourth-order valence-electron chi connectivity index (χ4n) is 2.42. The maximum atomic E-state index is 12.1. The van der Waals surface area contributed by atoms with E-state index in [9.17, 15) is 22.8 Å². The smallest absolute Gasteiger partial charge is 0.400 e. The molecule has 1 amide bonds. The number of aromatic nitrogens is 4. The van der Waals surface area contributed by atoms with E-state index in [-0.39, 0.29) is 17.6 Å². The quantitative estimate of drug-likeness (QED) is 0.718. The SMILES string of the molecule is CC.CO.O=C(NCC1CCC(n2cnc3c(=O)[nH]cnc32)O1)C(F)(F)F. The van der Waals surface area contributed by atoms with Gasteiger partial charge in [-0.2, -0.15) is 13.2 Å². The van der Waals surface area contributed by atoms with Gasteiger partial charge in [0.2, 0.25) is 0 Å². The van der Waals surface area contributed by atoms with Gasteiger partial charge in [0.05, 0.1) is 18.8 Å². The predicted molar refractivity (Wildman–Crippen MR) is 89.8 cm³/mol. The number of carbonyl (C=O) groups is 1. The lowest BCUT2D eigenvalue weighted by molar-refractivity contribution is -0.174. The van der Waals surface area contributed by atoms with Crippen LogP contribution in [0.1, 0.15) is 32.9 Å². The van der Waals surface area contributed by atoms with E-state index in [1.807, 2.05) is 13.8 Å². The van der Waals surface area contributed by atoms with E-state index in [0.717, 1.165) is 7.11 Å². The van der Waals surface area contributed by atoms with Crippen LogP contribution in [0.2, 0.25) is 0 Å². The Morgan fingerprint density at radius 2 is 2.04 bits per heavy atom. The van der Waals surface area contributed by atoms with Gasteiger partial charge in [0.25, 0.3) is 5.56 Å². The van der Waals surface area contributed by atoms with Crippen LogP contribution in [0.3, 0.4) is 0 Å². The van der Waals surface area contributed by atoms with Crippen molar-refractivity contribution < 1.29 is 27.8 Å². The van der Waals surface area contributed by atoms with Gasteiger partial charge in [0.15, 0.2) is 11.2 Å². The number of carbonyl (C=O) groups excluding carboxylic acids is 1. The molecule has 1 fully saturated rings. The second-order valence-corrected chi connectivity index (χ2v) is 5.05. The summed E-state index contributed by atoms with van der Waals surface area (Å²) in [5, 5.41) is 8.79. The number of nitrogens with zero attached hydrogens (tertiary/aromatic N) is 3. The third-order valence-electron chi connectivity index (χ3n) is 3.51. The van der Waals surface area contributed by atoms with Crippen molar-refractivity contribution in [3.63, 3.8) is 0 Å². The summed E-state index contributed by atoms with van der Waals surface area (Å²) in [6.45, 7) is 3.76. The molecular formula is C15H22F3N5O4. The third kappa shape index (κ3) is 5.50. The summed E-state index contributed by atoms with van der Waals surface area (Å²) in [5.41, 5.74) is 0.101. The minimum Gasteiger partial charge on any atom is -0.400 e. The van der Waals surface area contributed by atoms with E-state index >= 15 is 0 Å². The summed E-state index contributed by atoms with van der Waals surface area (Å²) in [5.74, 6) is -1.99. The summed E-state index contributed by atoms with van der Waals surface area (Å²) in [4.78, 5) is 32.7. The fourth-order valence-corrected chi connectivity index (χ4v) is 2.42. The van der Waals surface area contributed by atoms with E-state index in [1.165, 1.54) is 12.7 Å². The molecule has 0 bridgehead atoms. The molecule has 3 N–H and O–H groups in total. The molecule has 3 heterocycles. The molecule has 2 aromatic heterocycles. The van der Waals surface area contributed by atoms with E-state index in [1.54, 1.807) is 9.88 Å². The minimum atomic E-state index is -4.91. The first-order valence-corrected chi connectivity index (χ1v) is 8.21. The number of H-pyrrole nitrogens is 1. The van der Waals surface area contributed by atoms with Crippen molar-refractivity contribution in [3.8, 4) is 0 Å². The van der Waals surface area contributed by atoms with Crippen molar-refractivity contribution in [3.05, 3.63) is 23.0 Å². The minimum absolute atomic E-state index is 0.157. The predicted octanol–water partition coefficient (Wildman–Crippen LogP) is 1.11. The van der Waals surface area contributed by atoms with Gasteiger partial charge in [0, 0.05) is 13.7 Å². The Bertz CT molecular complexity index is 790. The number of ether oxygens (including phenoxy) is 1. The van der Waals surface area contributed by atoms with Crippen molar-refractivity contribution in [2.24, 2.45) is 0 Å². The molecule has 1 aliphatic rings. The molecule has 152 valence electrons. The van der Waals surface area contributed by atoms with Gasteiger partial charge in [-0.1, -0.05) is 13.8 Å². The number of alkyl halides is 3. The number of hydrogen-bond donors (Lipinski definition) is 3. The summed E-state index contributed by atoms with van der Waals surface area (Å²) in [7, 11) is 1.00. The van der Waals surface area contributed by atoms with E-state index in [0.29, 0.717) is 18.5 Å². The molecule has 9 nitrogen and oxygen atoms in total. The van der Waals surface area contributed by atoms with Gasteiger partial charge in [-0.25, -0.2) is 9.97 Å². The van der Waals surface area contributed by atoms with Crippen LogP contribution < -0.4 is 10.9 Å². The first kappa shape index (κ1) is 22.6. The Kier molecular flexibility index (Phi) is 8.37. The molecule has 0 spiro atoms. The van der Waals surface area contributed by atoms with Gasteiger partial charge in [-0.3, -0.25) is 14.2 Å². The van der Waals surface area contributed by atoms with Crippen LogP contribution in [-0.4, -0.2) is 56.5 Å². The van der Waals surface area contributed by atoms with Crippen LogP contribution >= 0.6 is 0 Å². The number of fused-ring (bicyclic) bond motifs is 1. The second kappa shape index (κ2) is 10.0. The molecule has 1 aliphatic heterocycles. The van der Waals surface area contributed by atoms with E-state index in [2.05, 4.69) is 15.0 Å². The Labute approximate surface area is 152 Å². The maximum Gasteiger partial charge on any atom is 0.471 e. The molecule has 2 unspecified atom stereocenters. The van der Waals surface area contributed by atoms with Crippen LogP contribution in [0.25, 0.3) is 11.2 Å². The number of amides is 1. The van der Waals surface area contributed by atoms with Crippen LogP contribution in [0.4, 0.5) is 13.2 Å². The normalized spacial score (nSPS) is 18.9. The first-order chi connectivity index (χ1) is 12.9. The highest BCUT2D eigenvalue weighted by molar-refractivity contribution is 5.81. The van der Waals surface area contributed by atoms with Crippen molar-refractivity contribution in [1.82, 2.24) is 24.8 Å². The first-order valence-electron chi connectivity index (χ1n) is 8.21. The van der Waals surface area contributed by atoms with Gasteiger partial charge < -0.3 is 20.1 Å². The van der Waals surface area contributed by atoms with Crippen molar-refractivity contribution in [2.45, 2.75) is 45.2 Å². The highest BCUT2D eigenvalue weighted by atomic mass is 19.4. The molecular weight excluding hydrogens is 371 g/mol. The number of aliphatic hydroxyl groups is 1. The lowest BCUT2D eigenvalue weighted by atomic mass is 10.2. The molecule has 1 saturated heterocycles. The number of rotatable bonds is 3. The number of nitrogens with one attached hydrogen (secondary N) is 2. The summed E-state index contributed by atoms with van der Waals surface area (Å²) >= 11 is 0. The average molecular weight is 393 g/mol. The topological polar surface area (TPSA) is 122 Å². The van der Waals surface area contributed by atoms with Crippen molar-refractivity contribution >= 4 is 17.1 Å². The summed E-state index contributed by atoms with van der Waals surface area (Å²) in [6, 6.07) is 0. The molecule has 27 heavy (non-hydrogen) atoms. The van der Waals surface area contributed by atoms with E-state index < -0.39 is 24.4 Å². The molecule has 2 aromatic rings. The lowest BCUT2D eigenvalue weighted by Gasteiger charge is -2.16. The molecule has 0 aliphatic carbocycles. The number of aliphatic hydroxyl groups excluding tert-OH is 1. The zero-order valence-electron chi connectivity index (χ0n) is 15.1. The van der Waals surface area contributed by atoms with Crippen LogP contribution in [0.5, 0.6) is 0 Å². The van der Waals surface area contributed by atoms with Crippen LogP contribution in [0.15, 0.2) is 17.4 Å². The zero-order valence-corrected chi connectivity index (χ0v) is 15.1. The molecule has 0 radical (unpaired) electrons. The van der Waals surface area contributed by atoms with Crippen LogP contribution in [0, 0.1) is 0 Å². The molecule has 12 heteroatoms. The Hall–Kier alpha value is -2.47. The molecule has 3 rings (SSSR count). The third-order valence-corrected chi connectivity index (χ3v) is 3.51. The highest BCUT2D eigenvalue weighted by Gasteiger charge is 2.39. The van der Waals surface area contributed by atoms with Gasteiger partial charge in [-0.15, -0.1) is 0 Å². The average Bonchev–Trinajstić information content (AvgIpc) is 3.29. The largest absolute Gasteiger partial charge is 0.471 e. The van der Waals surface area contributed by atoms with Gasteiger partial charge in [-0.05, 0) is 12.8 Å². The molecule has 0 aromatic carbocycles. The Balaban J connectivity index is 0.000000855. The summed E-state index contributed by atoms with van der Waals surface area (Å²) < 4.78 is 43.5. The lowest BCUT2D eigenvalue weighted by Crippen LogP contribution is -2.40. The number of aromatic amines is 1. The Morgan fingerprint density at radius 3 is 2.67 bits per heavy atom. The zero-order chi connectivity index (χ0) is 20.6. The second-order valence-electron chi connectivity index (χ2n) is 5.05. The van der Waals surface area contributed by atoms with E-state index in [4.69, 9.17) is 9.84 Å². The highest BCUT2D eigenvalue weighted by Crippen LogP contribution is 2.29. The van der Waals surface area contributed by atoms with Crippen molar-refractivity contribution in [2.75, 3.05) is 13.7 Å².